The largest absolute Gasteiger partial charge is 0.337 e. The summed E-state index contributed by atoms with van der Waals surface area (Å²) in [5, 5.41) is 9.70. The second kappa shape index (κ2) is 9.90. The van der Waals surface area contributed by atoms with Crippen molar-refractivity contribution in [3.05, 3.63) is 60.2 Å². The van der Waals surface area contributed by atoms with Gasteiger partial charge in [-0.25, -0.2) is 0 Å². The molecule has 0 spiro atoms. The van der Waals surface area contributed by atoms with Gasteiger partial charge in [0, 0.05) is 23.3 Å². The number of para-hydroxylation sites is 1. The Bertz CT molecular complexity index is 1030. The lowest BCUT2D eigenvalue weighted by molar-refractivity contribution is -0.131. The molecule has 5 nitrogen and oxygen atoms in total. The molecule has 0 aliphatic carbocycles. The van der Waals surface area contributed by atoms with Gasteiger partial charge in [-0.3, -0.25) is 9.36 Å². The van der Waals surface area contributed by atoms with Crippen LogP contribution in [0, 0.1) is 0 Å². The minimum absolute atomic E-state index is 0.0890. The number of rotatable bonds is 7. The summed E-state index contributed by atoms with van der Waals surface area (Å²) in [6, 6.07) is 18.9. The van der Waals surface area contributed by atoms with E-state index < -0.39 is 0 Å². The fourth-order valence-electron chi connectivity index (χ4n) is 3.85. The number of hydrogen-bond donors (Lipinski definition) is 0. The predicted octanol–water partition coefficient (Wildman–Crippen LogP) is 5.97. The normalized spacial score (nSPS) is 11.9. The van der Waals surface area contributed by atoms with E-state index in [2.05, 4.69) is 55.2 Å². The summed E-state index contributed by atoms with van der Waals surface area (Å²) < 4.78 is 2.04. The van der Waals surface area contributed by atoms with Crippen molar-refractivity contribution in [1.82, 2.24) is 19.7 Å². The summed E-state index contributed by atoms with van der Waals surface area (Å²) in [5.41, 5.74) is 3.34. The number of carbonyl (C=O) groups is 1. The van der Waals surface area contributed by atoms with E-state index in [-0.39, 0.29) is 23.4 Å². The van der Waals surface area contributed by atoms with E-state index in [4.69, 9.17) is 0 Å². The van der Waals surface area contributed by atoms with Gasteiger partial charge in [0.15, 0.2) is 11.0 Å². The molecule has 0 bridgehead atoms. The smallest absolute Gasteiger partial charge is 0.233 e. The molecular weight excluding hydrogens is 416 g/mol. The average molecular weight is 451 g/mol. The molecular formula is C26H34N4OS. The fraction of sp³-hybridized carbons (Fsp3) is 0.423. The number of amides is 1. The molecule has 0 saturated carbocycles. The minimum Gasteiger partial charge on any atom is -0.337 e. The van der Waals surface area contributed by atoms with Crippen molar-refractivity contribution in [3.8, 4) is 17.1 Å². The van der Waals surface area contributed by atoms with Crippen molar-refractivity contribution in [2.24, 2.45) is 0 Å². The van der Waals surface area contributed by atoms with E-state index in [9.17, 15) is 4.79 Å². The molecule has 0 unspecified atom stereocenters. The molecule has 0 radical (unpaired) electrons. The predicted molar refractivity (Wildman–Crippen MR) is 133 cm³/mol. The first-order valence-corrected chi connectivity index (χ1v) is 12.1. The molecule has 1 amide bonds. The molecule has 6 heteroatoms. The highest BCUT2D eigenvalue weighted by molar-refractivity contribution is 7.99. The van der Waals surface area contributed by atoms with E-state index >= 15 is 0 Å². The molecule has 2 aromatic carbocycles. The van der Waals surface area contributed by atoms with Crippen LogP contribution in [-0.2, 0) is 10.2 Å². The van der Waals surface area contributed by atoms with E-state index in [0.717, 1.165) is 17.1 Å². The van der Waals surface area contributed by atoms with Gasteiger partial charge >= 0.3 is 0 Å². The van der Waals surface area contributed by atoms with Crippen LogP contribution < -0.4 is 0 Å². The van der Waals surface area contributed by atoms with Gasteiger partial charge in [-0.05, 0) is 50.8 Å². The van der Waals surface area contributed by atoms with Gasteiger partial charge < -0.3 is 4.90 Å². The van der Waals surface area contributed by atoms with E-state index in [1.807, 2.05) is 67.5 Å². The molecule has 1 heterocycles. The SMILES string of the molecule is CC(C)N(C(=O)CSc1nnc(-c2ccc(C(C)(C)C)cc2)n1-c1ccccc1)C(C)C. The first kappa shape index (κ1) is 24.1. The lowest BCUT2D eigenvalue weighted by atomic mass is 9.87. The summed E-state index contributed by atoms with van der Waals surface area (Å²) in [4.78, 5) is 14.8. The number of nitrogens with zero attached hydrogens (tertiary/aromatic N) is 4. The quantitative estimate of drug-likeness (QED) is 0.416. The first-order valence-electron chi connectivity index (χ1n) is 11.1. The van der Waals surface area contributed by atoms with Crippen LogP contribution in [0.5, 0.6) is 0 Å². The zero-order valence-electron chi connectivity index (χ0n) is 20.2. The van der Waals surface area contributed by atoms with Crippen LogP contribution in [0.15, 0.2) is 59.8 Å². The number of thioether (sulfide) groups is 1. The standard InChI is InChI=1S/C26H34N4OS/c1-18(2)29(19(3)4)23(31)17-32-25-28-27-24(30(25)22-11-9-8-10-12-22)20-13-15-21(16-14-20)26(5,6)7/h8-16,18-19H,17H2,1-7H3. The summed E-state index contributed by atoms with van der Waals surface area (Å²) in [6.07, 6.45) is 0. The van der Waals surface area contributed by atoms with Crippen molar-refractivity contribution in [1.29, 1.82) is 0 Å². The Morgan fingerprint density at radius 1 is 0.938 bits per heavy atom. The maximum Gasteiger partial charge on any atom is 0.233 e. The monoisotopic (exact) mass is 450 g/mol. The van der Waals surface area contributed by atoms with E-state index in [0.29, 0.717) is 10.9 Å². The molecule has 170 valence electrons. The number of carbonyl (C=O) groups excluding carboxylic acids is 1. The zero-order chi connectivity index (χ0) is 23.5. The zero-order valence-corrected chi connectivity index (χ0v) is 21.0. The van der Waals surface area contributed by atoms with Crippen LogP contribution in [0.2, 0.25) is 0 Å². The van der Waals surface area contributed by atoms with Gasteiger partial charge in [0.25, 0.3) is 0 Å². The molecule has 3 rings (SSSR count). The van der Waals surface area contributed by atoms with Gasteiger partial charge in [0.1, 0.15) is 0 Å². The van der Waals surface area contributed by atoms with Gasteiger partial charge in [0.05, 0.1) is 5.75 Å². The molecule has 1 aromatic heterocycles. The van der Waals surface area contributed by atoms with Crippen molar-refractivity contribution in [2.75, 3.05) is 5.75 Å². The third-order valence-corrected chi connectivity index (χ3v) is 6.30. The van der Waals surface area contributed by atoms with Crippen LogP contribution in [0.1, 0.15) is 54.0 Å². The van der Waals surface area contributed by atoms with E-state index in [1.54, 1.807) is 0 Å². The summed E-state index contributed by atoms with van der Waals surface area (Å²) in [7, 11) is 0. The van der Waals surface area contributed by atoms with Gasteiger partial charge in [-0.2, -0.15) is 0 Å². The maximum atomic E-state index is 12.9. The Morgan fingerprint density at radius 2 is 1.53 bits per heavy atom. The van der Waals surface area contributed by atoms with Crippen LogP contribution in [0.3, 0.4) is 0 Å². The highest BCUT2D eigenvalue weighted by Gasteiger charge is 2.23. The molecule has 0 saturated heterocycles. The van der Waals surface area contributed by atoms with Crippen molar-refractivity contribution in [2.45, 2.75) is 71.1 Å². The summed E-state index contributed by atoms with van der Waals surface area (Å²) in [6.45, 7) is 14.8. The molecule has 32 heavy (non-hydrogen) atoms. The lowest BCUT2D eigenvalue weighted by Gasteiger charge is -2.30. The Kier molecular flexibility index (Phi) is 7.44. The second-order valence-electron chi connectivity index (χ2n) is 9.58. The topological polar surface area (TPSA) is 51.0 Å². The van der Waals surface area contributed by atoms with Crippen LogP contribution >= 0.6 is 11.8 Å². The molecule has 0 atom stereocenters. The third-order valence-electron chi connectivity index (χ3n) is 5.38. The van der Waals surface area contributed by atoms with Gasteiger partial charge in [-0.15, -0.1) is 10.2 Å². The summed E-state index contributed by atoms with van der Waals surface area (Å²) in [5.74, 6) is 1.21. The van der Waals surface area contributed by atoms with Crippen molar-refractivity contribution >= 4 is 17.7 Å². The van der Waals surface area contributed by atoms with Crippen LogP contribution in [0.25, 0.3) is 17.1 Å². The number of benzene rings is 2. The molecule has 0 N–H and O–H groups in total. The maximum absolute atomic E-state index is 12.9. The first-order chi connectivity index (χ1) is 15.1. The number of hydrogen-bond acceptors (Lipinski definition) is 4. The van der Waals surface area contributed by atoms with E-state index in [1.165, 1.54) is 17.3 Å². The Balaban J connectivity index is 1.95. The van der Waals surface area contributed by atoms with Gasteiger partial charge in [0.2, 0.25) is 5.91 Å². The van der Waals surface area contributed by atoms with Crippen LogP contribution in [-0.4, -0.2) is 43.4 Å². The Hall–Kier alpha value is -2.60. The summed E-state index contributed by atoms with van der Waals surface area (Å²) >= 11 is 1.43. The highest BCUT2D eigenvalue weighted by atomic mass is 32.2. The Morgan fingerprint density at radius 3 is 2.06 bits per heavy atom. The molecule has 0 fully saturated rings. The lowest BCUT2D eigenvalue weighted by Crippen LogP contribution is -2.43. The fourth-order valence-corrected chi connectivity index (χ4v) is 4.67. The number of aromatic nitrogens is 3. The Labute approximate surface area is 196 Å². The average Bonchev–Trinajstić information content (AvgIpc) is 3.16. The van der Waals surface area contributed by atoms with Crippen molar-refractivity contribution in [3.63, 3.8) is 0 Å². The third kappa shape index (κ3) is 5.41. The molecule has 0 aliphatic heterocycles. The highest BCUT2D eigenvalue weighted by Crippen LogP contribution is 2.30. The minimum atomic E-state index is 0.0890. The second-order valence-corrected chi connectivity index (χ2v) is 10.5. The molecule has 3 aromatic rings. The van der Waals surface area contributed by atoms with Crippen molar-refractivity contribution < 1.29 is 4.79 Å². The van der Waals surface area contributed by atoms with Gasteiger partial charge in [-0.1, -0.05) is 75.0 Å². The van der Waals surface area contributed by atoms with Crippen LogP contribution in [0.4, 0.5) is 0 Å². The molecule has 0 aliphatic rings.